The number of nitrogens with one attached hydrogen (secondary N) is 2. The quantitative estimate of drug-likeness (QED) is 0.734. The van der Waals surface area contributed by atoms with E-state index in [0.717, 1.165) is 24.4 Å². The first-order valence-electron chi connectivity index (χ1n) is 11.5. The molecule has 4 rings (SSSR count). The number of hydrogen-bond acceptors (Lipinski definition) is 6. The molecule has 0 spiro atoms. The van der Waals surface area contributed by atoms with Gasteiger partial charge in [0, 0.05) is 30.2 Å². The highest BCUT2D eigenvalue weighted by molar-refractivity contribution is 5.76. The average Bonchev–Trinajstić information content (AvgIpc) is 2.72. The van der Waals surface area contributed by atoms with Crippen molar-refractivity contribution in [2.24, 2.45) is 5.92 Å². The minimum absolute atomic E-state index is 0.0468. The van der Waals surface area contributed by atoms with Crippen LogP contribution < -0.4 is 10.6 Å². The lowest BCUT2D eigenvalue weighted by atomic mass is 9.74. The zero-order valence-corrected chi connectivity index (χ0v) is 19.6. The summed E-state index contributed by atoms with van der Waals surface area (Å²) in [5.41, 5.74) is 0.920. The SMILES string of the molecule is CC1(C)CC(CC(=O)N2CCOC(c3cccc(Nc4ccccn4)n3)C2)CC(C)(C)N1. The molecule has 1 atom stereocenters. The van der Waals surface area contributed by atoms with E-state index >= 15 is 0 Å². The number of carbonyl (C=O) groups is 1. The number of carbonyl (C=O) groups excluding carboxylic acids is 1. The van der Waals surface area contributed by atoms with Gasteiger partial charge in [0.1, 0.15) is 17.7 Å². The molecular formula is C25H35N5O2. The Morgan fingerprint density at radius 3 is 2.59 bits per heavy atom. The molecule has 172 valence electrons. The van der Waals surface area contributed by atoms with Crippen LogP contribution in [-0.2, 0) is 9.53 Å². The van der Waals surface area contributed by atoms with Crippen molar-refractivity contribution < 1.29 is 9.53 Å². The normalized spacial score (nSPS) is 23.0. The van der Waals surface area contributed by atoms with Crippen LogP contribution in [0.2, 0.25) is 0 Å². The topological polar surface area (TPSA) is 79.4 Å². The van der Waals surface area contributed by atoms with Gasteiger partial charge in [-0.2, -0.15) is 0 Å². The van der Waals surface area contributed by atoms with E-state index in [1.54, 1.807) is 6.20 Å². The molecule has 0 aromatic carbocycles. The summed E-state index contributed by atoms with van der Waals surface area (Å²) in [5.74, 6) is 2.07. The molecule has 2 saturated heterocycles. The average molecular weight is 438 g/mol. The first-order chi connectivity index (χ1) is 15.2. The van der Waals surface area contributed by atoms with Gasteiger partial charge in [-0.25, -0.2) is 9.97 Å². The van der Waals surface area contributed by atoms with E-state index in [4.69, 9.17) is 9.72 Å². The van der Waals surface area contributed by atoms with Gasteiger partial charge in [-0.15, -0.1) is 0 Å². The fourth-order valence-corrected chi connectivity index (χ4v) is 5.38. The van der Waals surface area contributed by atoms with E-state index < -0.39 is 0 Å². The summed E-state index contributed by atoms with van der Waals surface area (Å²) >= 11 is 0. The Balaban J connectivity index is 1.39. The molecule has 7 heteroatoms. The highest BCUT2D eigenvalue weighted by atomic mass is 16.5. The summed E-state index contributed by atoms with van der Waals surface area (Å²) in [4.78, 5) is 24.1. The standard InChI is InChI=1S/C25H35N5O2/c1-24(2)15-18(16-25(3,4)29-24)14-23(31)30-12-13-32-20(17-30)19-8-7-10-22(27-19)28-21-9-5-6-11-26-21/h5-11,18,20,29H,12-17H2,1-4H3,(H,26,27,28). The number of hydrogen-bond donors (Lipinski definition) is 2. The summed E-state index contributed by atoms with van der Waals surface area (Å²) < 4.78 is 6.00. The number of anilines is 2. The Morgan fingerprint density at radius 2 is 1.88 bits per heavy atom. The predicted octanol–water partition coefficient (Wildman–Crippen LogP) is 4.07. The molecule has 1 amide bonds. The third kappa shape index (κ3) is 5.84. The molecule has 2 aliphatic rings. The molecule has 2 aliphatic heterocycles. The zero-order chi connectivity index (χ0) is 22.8. The monoisotopic (exact) mass is 437 g/mol. The summed E-state index contributed by atoms with van der Waals surface area (Å²) in [6, 6.07) is 11.5. The molecule has 0 aliphatic carbocycles. The smallest absolute Gasteiger partial charge is 0.223 e. The predicted molar refractivity (Wildman–Crippen MR) is 126 cm³/mol. The minimum atomic E-state index is -0.223. The van der Waals surface area contributed by atoms with Crippen molar-refractivity contribution in [1.29, 1.82) is 0 Å². The van der Waals surface area contributed by atoms with Crippen LogP contribution in [0.15, 0.2) is 42.6 Å². The molecule has 2 N–H and O–H groups in total. The number of piperidine rings is 1. The van der Waals surface area contributed by atoms with Crippen LogP contribution in [0, 0.1) is 5.92 Å². The number of aromatic nitrogens is 2. The minimum Gasteiger partial charge on any atom is -0.368 e. The lowest BCUT2D eigenvalue weighted by molar-refractivity contribution is -0.140. The Morgan fingerprint density at radius 1 is 1.12 bits per heavy atom. The second-order valence-corrected chi connectivity index (χ2v) is 10.4. The Hall–Kier alpha value is -2.51. The van der Waals surface area contributed by atoms with Gasteiger partial charge in [-0.3, -0.25) is 4.79 Å². The lowest BCUT2D eigenvalue weighted by Crippen LogP contribution is -2.58. The van der Waals surface area contributed by atoms with Gasteiger partial charge in [-0.05, 0) is 70.7 Å². The third-order valence-electron chi connectivity index (χ3n) is 6.18. The van der Waals surface area contributed by atoms with Crippen LogP contribution in [-0.4, -0.2) is 51.5 Å². The lowest BCUT2D eigenvalue weighted by Gasteiger charge is -2.47. The van der Waals surface area contributed by atoms with E-state index in [0.29, 0.717) is 37.9 Å². The summed E-state index contributed by atoms with van der Waals surface area (Å²) in [6.45, 7) is 10.6. The molecule has 2 fully saturated rings. The second-order valence-electron chi connectivity index (χ2n) is 10.4. The third-order valence-corrected chi connectivity index (χ3v) is 6.18. The van der Waals surface area contributed by atoms with Crippen molar-refractivity contribution in [2.75, 3.05) is 25.0 Å². The van der Waals surface area contributed by atoms with E-state index in [2.05, 4.69) is 43.3 Å². The molecule has 2 aromatic heterocycles. The highest BCUT2D eigenvalue weighted by Gasteiger charge is 2.39. The molecule has 2 aromatic rings. The van der Waals surface area contributed by atoms with E-state index in [1.807, 2.05) is 41.3 Å². The Labute approximate surface area is 191 Å². The van der Waals surface area contributed by atoms with Crippen LogP contribution in [0.3, 0.4) is 0 Å². The van der Waals surface area contributed by atoms with Gasteiger partial charge in [0.05, 0.1) is 18.8 Å². The number of amides is 1. The van der Waals surface area contributed by atoms with Gasteiger partial charge in [0.15, 0.2) is 0 Å². The van der Waals surface area contributed by atoms with Crippen molar-refractivity contribution in [2.45, 2.75) is 64.1 Å². The molecule has 32 heavy (non-hydrogen) atoms. The maximum absolute atomic E-state index is 13.2. The van der Waals surface area contributed by atoms with Crippen molar-refractivity contribution in [3.8, 4) is 0 Å². The van der Waals surface area contributed by atoms with Crippen LogP contribution >= 0.6 is 0 Å². The van der Waals surface area contributed by atoms with Gasteiger partial charge >= 0.3 is 0 Å². The molecule has 7 nitrogen and oxygen atoms in total. The maximum Gasteiger partial charge on any atom is 0.223 e. The van der Waals surface area contributed by atoms with Gasteiger partial charge in [-0.1, -0.05) is 12.1 Å². The molecule has 1 unspecified atom stereocenters. The van der Waals surface area contributed by atoms with Gasteiger partial charge < -0.3 is 20.3 Å². The fourth-order valence-electron chi connectivity index (χ4n) is 5.38. The summed E-state index contributed by atoms with van der Waals surface area (Å²) in [5, 5.41) is 6.92. The molecule has 0 bridgehead atoms. The first kappa shape index (κ1) is 22.7. The van der Waals surface area contributed by atoms with Crippen LogP contribution in [0.1, 0.15) is 58.8 Å². The van der Waals surface area contributed by atoms with E-state index in [-0.39, 0.29) is 23.1 Å². The molecule has 0 radical (unpaired) electrons. The number of morpholine rings is 1. The van der Waals surface area contributed by atoms with Crippen LogP contribution in [0.5, 0.6) is 0 Å². The van der Waals surface area contributed by atoms with E-state index in [9.17, 15) is 4.79 Å². The molecular weight excluding hydrogens is 402 g/mol. The number of rotatable bonds is 5. The molecule has 0 saturated carbocycles. The van der Waals surface area contributed by atoms with Crippen molar-refractivity contribution in [3.63, 3.8) is 0 Å². The Bertz CT molecular complexity index is 915. The zero-order valence-electron chi connectivity index (χ0n) is 19.6. The summed E-state index contributed by atoms with van der Waals surface area (Å²) in [6.07, 6.45) is 4.14. The van der Waals surface area contributed by atoms with Crippen LogP contribution in [0.4, 0.5) is 11.6 Å². The fraction of sp³-hybridized carbons (Fsp3) is 0.560. The van der Waals surface area contributed by atoms with E-state index in [1.165, 1.54) is 0 Å². The maximum atomic E-state index is 13.2. The summed E-state index contributed by atoms with van der Waals surface area (Å²) in [7, 11) is 0. The largest absolute Gasteiger partial charge is 0.368 e. The van der Waals surface area contributed by atoms with Gasteiger partial charge in [0.25, 0.3) is 0 Å². The van der Waals surface area contributed by atoms with Gasteiger partial charge in [0.2, 0.25) is 5.91 Å². The first-order valence-corrected chi connectivity index (χ1v) is 11.5. The second kappa shape index (κ2) is 9.16. The van der Waals surface area contributed by atoms with Crippen molar-refractivity contribution in [3.05, 3.63) is 48.3 Å². The number of pyridine rings is 2. The van der Waals surface area contributed by atoms with Crippen molar-refractivity contribution >= 4 is 17.5 Å². The number of nitrogens with zero attached hydrogens (tertiary/aromatic N) is 3. The Kier molecular flexibility index (Phi) is 6.49. The molecule has 4 heterocycles. The highest BCUT2D eigenvalue weighted by Crippen LogP contribution is 2.35. The number of ether oxygens (including phenoxy) is 1. The van der Waals surface area contributed by atoms with Crippen LogP contribution in [0.25, 0.3) is 0 Å². The van der Waals surface area contributed by atoms with Crippen molar-refractivity contribution in [1.82, 2.24) is 20.2 Å².